The number of rotatable bonds is 12. The molecule has 2 aromatic rings. The molecule has 1 saturated heterocycles. The Morgan fingerprint density at radius 1 is 1.10 bits per heavy atom. The van der Waals surface area contributed by atoms with Gasteiger partial charge in [-0.05, 0) is 36.3 Å². The SMILES string of the molecule is COc1ccc2nc(CCCCCC3CC3)c(OC3CC(C(=O)O)N(C(=O)C(NC(=O)O)C(C)(C)C)C3)nc2c1. The number of carbonyl (C=O) groups is 3. The van der Waals surface area contributed by atoms with E-state index in [9.17, 15) is 24.6 Å². The summed E-state index contributed by atoms with van der Waals surface area (Å²) in [5, 5.41) is 21.5. The Labute approximate surface area is 234 Å². The molecule has 1 saturated carbocycles. The quantitative estimate of drug-likeness (QED) is 0.326. The third kappa shape index (κ3) is 7.31. The third-order valence-electron chi connectivity index (χ3n) is 7.62. The number of likely N-dealkylation sites (tertiary alicyclic amines) is 1. The Hall–Kier alpha value is -3.63. The molecular formula is C29H40N4O7. The Morgan fingerprint density at radius 3 is 2.48 bits per heavy atom. The zero-order valence-corrected chi connectivity index (χ0v) is 23.7. The third-order valence-corrected chi connectivity index (χ3v) is 7.62. The molecule has 0 bridgehead atoms. The summed E-state index contributed by atoms with van der Waals surface area (Å²) in [6, 6.07) is 3.16. The predicted octanol–water partition coefficient (Wildman–Crippen LogP) is 4.27. The number of nitrogens with one attached hydrogen (secondary N) is 1. The second-order valence-corrected chi connectivity index (χ2v) is 11.9. The molecule has 0 radical (unpaired) electrons. The molecule has 3 atom stereocenters. The van der Waals surface area contributed by atoms with Gasteiger partial charge in [-0.25, -0.2) is 19.6 Å². The summed E-state index contributed by atoms with van der Waals surface area (Å²) >= 11 is 0. The summed E-state index contributed by atoms with van der Waals surface area (Å²) in [4.78, 5) is 47.8. The van der Waals surface area contributed by atoms with E-state index in [1.165, 1.54) is 30.6 Å². The minimum absolute atomic E-state index is 0.0116. The zero-order valence-electron chi connectivity index (χ0n) is 23.7. The Morgan fingerprint density at radius 2 is 1.85 bits per heavy atom. The molecule has 11 nitrogen and oxygen atoms in total. The van der Waals surface area contributed by atoms with Crippen LogP contribution < -0.4 is 14.8 Å². The van der Waals surface area contributed by atoms with E-state index < -0.39 is 41.6 Å². The number of nitrogens with zero attached hydrogens (tertiary/aromatic N) is 3. The smallest absolute Gasteiger partial charge is 0.405 e. The van der Waals surface area contributed by atoms with Crippen molar-refractivity contribution in [2.24, 2.45) is 11.3 Å². The fraction of sp³-hybridized carbons (Fsp3) is 0.621. The summed E-state index contributed by atoms with van der Waals surface area (Å²) in [6.45, 7) is 5.16. The van der Waals surface area contributed by atoms with Crippen molar-refractivity contribution in [2.75, 3.05) is 13.7 Å². The van der Waals surface area contributed by atoms with E-state index in [1.54, 1.807) is 33.9 Å². The first-order valence-corrected chi connectivity index (χ1v) is 14.0. The van der Waals surface area contributed by atoms with Crippen LogP contribution in [0, 0.1) is 11.3 Å². The van der Waals surface area contributed by atoms with E-state index in [4.69, 9.17) is 19.4 Å². The van der Waals surface area contributed by atoms with Crippen LogP contribution in [0.5, 0.6) is 11.6 Å². The molecule has 2 amide bonds. The van der Waals surface area contributed by atoms with Crippen LogP contribution in [-0.4, -0.2) is 74.9 Å². The molecule has 1 aromatic heterocycles. The number of hydrogen-bond donors (Lipinski definition) is 3. The van der Waals surface area contributed by atoms with Crippen LogP contribution in [0.3, 0.4) is 0 Å². The van der Waals surface area contributed by atoms with Crippen LogP contribution in [-0.2, 0) is 16.0 Å². The van der Waals surface area contributed by atoms with Crippen molar-refractivity contribution in [2.45, 2.75) is 90.3 Å². The van der Waals surface area contributed by atoms with Gasteiger partial charge in [0.25, 0.3) is 0 Å². The second kappa shape index (κ2) is 12.3. The van der Waals surface area contributed by atoms with Gasteiger partial charge in [0, 0.05) is 12.5 Å². The Bertz CT molecular complexity index is 1240. The van der Waals surface area contributed by atoms with E-state index in [1.807, 2.05) is 12.1 Å². The second-order valence-electron chi connectivity index (χ2n) is 11.9. The number of carboxylic acids is 1. The summed E-state index contributed by atoms with van der Waals surface area (Å²) < 4.78 is 11.6. The standard InChI is InChI=1S/C29H40N4O7/c1-29(2,3)24(32-28(37)38)26(34)33-16-19(15-23(33)27(35)36)40-25-21(9-7-5-6-8-17-10-11-17)30-20-13-12-18(39-4)14-22(20)31-25/h12-14,17,19,23-24,32H,5-11,15-16H2,1-4H3,(H,35,36)(H,37,38). The first kappa shape index (κ1) is 29.4. The minimum Gasteiger partial charge on any atom is -0.497 e. The molecule has 40 heavy (non-hydrogen) atoms. The number of carboxylic acid groups (broad SMARTS) is 2. The number of methoxy groups -OCH3 is 1. The van der Waals surface area contributed by atoms with Gasteiger partial charge in [-0.3, -0.25) is 4.79 Å². The Kier molecular flexibility index (Phi) is 9.00. The maximum atomic E-state index is 13.4. The van der Waals surface area contributed by atoms with Gasteiger partial charge in [0.05, 0.1) is 24.7 Å². The van der Waals surface area contributed by atoms with Crippen molar-refractivity contribution in [3.63, 3.8) is 0 Å². The van der Waals surface area contributed by atoms with Gasteiger partial charge in [0.2, 0.25) is 11.8 Å². The molecule has 0 spiro atoms. The molecule has 2 fully saturated rings. The van der Waals surface area contributed by atoms with E-state index >= 15 is 0 Å². The van der Waals surface area contributed by atoms with E-state index in [2.05, 4.69) is 5.32 Å². The average molecular weight is 557 g/mol. The molecule has 218 valence electrons. The molecule has 3 unspecified atom stereocenters. The number of aromatic nitrogens is 2. The summed E-state index contributed by atoms with van der Waals surface area (Å²) in [5.74, 6) is 0.0742. The van der Waals surface area contributed by atoms with Crippen LogP contribution in [0.1, 0.15) is 71.4 Å². The Balaban J connectivity index is 1.55. The fourth-order valence-electron chi connectivity index (χ4n) is 5.20. The van der Waals surface area contributed by atoms with Gasteiger partial charge < -0.3 is 29.9 Å². The van der Waals surface area contributed by atoms with E-state index in [-0.39, 0.29) is 13.0 Å². The number of carbonyl (C=O) groups excluding carboxylic acids is 1. The van der Waals surface area contributed by atoms with Crippen molar-refractivity contribution in [1.29, 1.82) is 0 Å². The molecule has 1 aromatic carbocycles. The lowest BCUT2D eigenvalue weighted by Crippen LogP contribution is -2.56. The molecule has 2 heterocycles. The van der Waals surface area contributed by atoms with Gasteiger partial charge in [-0.2, -0.15) is 0 Å². The number of ether oxygens (including phenoxy) is 2. The van der Waals surface area contributed by atoms with Crippen LogP contribution >= 0.6 is 0 Å². The molecule has 4 rings (SSSR count). The number of aryl methyl sites for hydroxylation is 1. The highest BCUT2D eigenvalue weighted by molar-refractivity contribution is 5.90. The molecule has 1 aliphatic heterocycles. The number of amides is 2. The highest BCUT2D eigenvalue weighted by Gasteiger charge is 2.46. The maximum Gasteiger partial charge on any atom is 0.405 e. The van der Waals surface area contributed by atoms with Gasteiger partial charge in [-0.15, -0.1) is 0 Å². The molecule has 2 aliphatic rings. The maximum absolute atomic E-state index is 13.4. The van der Waals surface area contributed by atoms with Crippen molar-refractivity contribution >= 4 is 29.0 Å². The van der Waals surface area contributed by atoms with Crippen LogP contribution in [0.2, 0.25) is 0 Å². The predicted molar refractivity (Wildman–Crippen MR) is 148 cm³/mol. The fourth-order valence-corrected chi connectivity index (χ4v) is 5.20. The lowest BCUT2D eigenvalue weighted by Gasteiger charge is -2.34. The molecule has 3 N–H and O–H groups in total. The highest BCUT2D eigenvalue weighted by atomic mass is 16.5. The minimum atomic E-state index is -1.35. The van der Waals surface area contributed by atoms with Crippen molar-refractivity contribution in [1.82, 2.24) is 20.2 Å². The van der Waals surface area contributed by atoms with Gasteiger partial charge in [0.15, 0.2) is 0 Å². The summed E-state index contributed by atoms with van der Waals surface area (Å²) in [5.41, 5.74) is 1.22. The van der Waals surface area contributed by atoms with E-state index in [0.29, 0.717) is 34.8 Å². The van der Waals surface area contributed by atoms with Crippen molar-refractivity contribution < 1.29 is 34.1 Å². The number of hydrogen-bond acceptors (Lipinski definition) is 7. The largest absolute Gasteiger partial charge is 0.497 e. The number of benzene rings is 1. The monoisotopic (exact) mass is 556 g/mol. The highest BCUT2D eigenvalue weighted by Crippen LogP contribution is 2.34. The average Bonchev–Trinajstić information content (AvgIpc) is 3.62. The lowest BCUT2D eigenvalue weighted by atomic mass is 9.85. The van der Waals surface area contributed by atoms with Crippen LogP contribution in [0.15, 0.2) is 18.2 Å². The van der Waals surface area contributed by atoms with Crippen molar-refractivity contribution in [3.05, 3.63) is 23.9 Å². The van der Waals surface area contributed by atoms with Crippen molar-refractivity contribution in [3.8, 4) is 11.6 Å². The first-order valence-electron chi connectivity index (χ1n) is 14.0. The molecular weight excluding hydrogens is 516 g/mol. The topological polar surface area (TPSA) is 151 Å². The lowest BCUT2D eigenvalue weighted by molar-refractivity contribution is -0.150. The molecule has 1 aliphatic carbocycles. The first-order chi connectivity index (χ1) is 19.0. The van der Waals surface area contributed by atoms with Gasteiger partial charge in [-0.1, -0.05) is 52.9 Å². The van der Waals surface area contributed by atoms with Gasteiger partial charge in [0.1, 0.15) is 29.6 Å². The number of unbranched alkanes of at least 4 members (excludes halogenated alkanes) is 2. The summed E-state index contributed by atoms with van der Waals surface area (Å²) in [6.07, 6.45) is 5.86. The number of fused-ring (bicyclic) bond motifs is 1. The number of aliphatic carboxylic acids is 1. The van der Waals surface area contributed by atoms with Crippen LogP contribution in [0.4, 0.5) is 4.79 Å². The van der Waals surface area contributed by atoms with Crippen LogP contribution in [0.25, 0.3) is 11.0 Å². The van der Waals surface area contributed by atoms with Gasteiger partial charge >= 0.3 is 12.1 Å². The normalized spacial score (nSPS) is 19.9. The van der Waals surface area contributed by atoms with E-state index in [0.717, 1.165) is 18.8 Å². The summed E-state index contributed by atoms with van der Waals surface area (Å²) in [7, 11) is 1.57. The molecule has 11 heteroatoms. The zero-order chi connectivity index (χ0) is 29.0.